The number of hydrogen-bond acceptors (Lipinski definition) is 4. The number of H-pyrrole nitrogens is 1. The molecule has 1 aromatic carbocycles. The molecule has 0 atom stereocenters. The van der Waals surface area contributed by atoms with E-state index in [1.54, 1.807) is 18.0 Å². The molecule has 1 heterocycles. The zero-order valence-electron chi connectivity index (χ0n) is 10.3. The number of rotatable bonds is 7. The lowest BCUT2D eigenvalue weighted by atomic mass is 10.3. The molecule has 0 amide bonds. The van der Waals surface area contributed by atoms with Crippen LogP contribution in [-0.2, 0) is 0 Å². The van der Waals surface area contributed by atoms with Gasteiger partial charge in [-0.3, -0.25) is 0 Å². The van der Waals surface area contributed by atoms with Crippen LogP contribution >= 0.6 is 11.8 Å². The Hall–Kier alpha value is -1.62. The third-order valence-corrected chi connectivity index (χ3v) is 3.07. The first-order chi connectivity index (χ1) is 8.90. The highest BCUT2D eigenvalue weighted by Crippen LogP contribution is 2.26. The quantitative estimate of drug-likeness (QED) is 0.617. The topological polar surface area (TPSA) is 47.1 Å². The van der Waals surface area contributed by atoms with Gasteiger partial charge in [0.25, 0.3) is 0 Å². The molecule has 1 aromatic heterocycles. The Kier molecular flexibility index (Phi) is 4.96. The largest absolute Gasteiger partial charge is 0.490 e. The molecular weight excluding hydrogens is 248 g/mol. The number of aromatic nitrogens is 2. The van der Waals surface area contributed by atoms with Gasteiger partial charge in [0, 0.05) is 18.1 Å². The number of benzene rings is 1. The van der Waals surface area contributed by atoms with Gasteiger partial charge in [-0.25, -0.2) is 4.98 Å². The summed E-state index contributed by atoms with van der Waals surface area (Å²) < 4.78 is 11.2. The van der Waals surface area contributed by atoms with Gasteiger partial charge >= 0.3 is 0 Å². The van der Waals surface area contributed by atoms with E-state index in [1.165, 1.54) is 0 Å². The molecule has 0 saturated carbocycles. The van der Waals surface area contributed by atoms with Crippen LogP contribution in [0.25, 0.3) is 0 Å². The van der Waals surface area contributed by atoms with Gasteiger partial charge in [-0.15, -0.1) is 0 Å². The summed E-state index contributed by atoms with van der Waals surface area (Å²) in [6.07, 6.45) is 3.56. The van der Waals surface area contributed by atoms with Crippen LogP contribution in [0.15, 0.2) is 41.8 Å². The van der Waals surface area contributed by atoms with Crippen molar-refractivity contribution in [3.63, 3.8) is 0 Å². The van der Waals surface area contributed by atoms with Gasteiger partial charge in [0.2, 0.25) is 0 Å². The third-order valence-electron chi connectivity index (χ3n) is 2.20. The number of imidazole rings is 1. The van der Waals surface area contributed by atoms with E-state index in [4.69, 9.17) is 9.47 Å². The van der Waals surface area contributed by atoms with Gasteiger partial charge in [0.05, 0.1) is 13.2 Å². The Morgan fingerprint density at radius 3 is 2.67 bits per heavy atom. The van der Waals surface area contributed by atoms with Crippen molar-refractivity contribution in [3.05, 3.63) is 36.7 Å². The fourth-order valence-corrected chi connectivity index (χ4v) is 2.11. The van der Waals surface area contributed by atoms with Gasteiger partial charge in [-0.2, -0.15) is 0 Å². The minimum Gasteiger partial charge on any atom is -0.490 e. The molecule has 96 valence electrons. The Morgan fingerprint density at radius 2 is 2.00 bits per heavy atom. The molecule has 5 heteroatoms. The SMILES string of the molecule is CCOc1ccccc1OCCSc1ncc[nH]1. The van der Waals surface area contributed by atoms with E-state index in [9.17, 15) is 0 Å². The average molecular weight is 264 g/mol. The van der Waals surface area contributed by atoms with Gasteiger partial charge in [-0.05, 0) is 19.1 Å². The lowest BCUT2D eigenvalue weighted by Gasteiger charge is -2.10. The molecular formula is C13H16N2O2S. The predicted octanol–water partition coefficient (Wildman–Crippen LogP) is 2.98. The minimum absolute atomic E-state index is 0.620. The van der Waals surface area contributed by atoms with E-state index in [0.717, 1.165) is 22.4 Å². The number of nitrogens with one attached hydrogen (secondary N) is 1. The summed E-state index contributed by atoms with van der Waals surface area (Å²) in [5, 5.41) is 0.914. The normalized spacial score (nSPS) is 10.3. The second-order valence-electron chi connectivity index (χ2n) is 3.47. The molecule has 2 aromatic rings. The first-order valence-electron chi connectivity index (χ1n) is 5.87. The van der Waals surface area contributed by atoms with Crippen LogP contribution in [0.2, 0.25) is 0 Å². The molecule has 0 spiro atoms. The molecule has 2 rings (SSSR count). The fourth-order valence-electron chi connectivity index (χ4n) is 1.46. The zero-order valence-corrected chi connectivity index (χ0v) is 11.1. The van der Waals surface area contributed by atoms with E-state index >= 15 is 0 Å². The highest BCUT2D eigenvalue weighted by Gasteiger charge is 2.03. The molecule has 18 heavy (non-hydrogen) atoms. The van der Waals surface area contributed by atoms with Crippen molar-refractivity contribution < 1.29 is 9.47 Å². The summed E-state index contributed by atoms with van der Waals surface area (Å²) in [7, 11) is 0. The number of para-hydroxylation sites is 2. The van der Waals surface area contributed by atoms with Crippen molar-refractivity contribution in [2.75, 3.05) is 19.0 Å². The minimum atomic E-state index is 0.620. The van der Waals surface area contributed by atoms with Crippen molar-refractivity contribution in [2.24, 2.45) is 0 Å². The maximum Gasteiger partial charge on any atom is 0.165 e. The second-order valence-corrected chi connectivity index (χ2v) is 4.55. The highest BCUT2D eigenvalue weighted by molar-refractivity contribution is 7.99. The number of thioether (sulfide) groups is 1. The summed E-state index contributed by atoms with van der Waals surface area (Å²) in [6, 6.07) is 7.72. The van der Waals surface area contributed by atoms with Gasteiger partial charge in [0.15, 0.2) is 16.7 Å². The Balaban J connectivity index is 1.79. The summed E-state index contributed by atoms with van der Waals surface area (Å²) in [6.45, 7) is 3.22. The first-order valence-corrected chi connectivity index (χ1v) is 6.85. The second kappa shape index (κ2) is 6.96. The maximum absolute atomic E-state index is 5.70. The highest BCUT2D eigenvalue weighted by atomic mass is 32.2. The van der Waals surface area contributed by atoms with Crippen LogP contribution in [0.3, 0.4) is 0 Å². The van der Waals surface area contributed by atoms with Gasteiger partial charge < -0.3 is 14.5 Å². The molecule has 0 bridgehead atoms. The van der Waals surface area contributed by atoms with Crippen LogP contribution in [-0.4, -0.2) is 28.9 Å². The standard InChI is InChI=1S/C13H16N2O2S/c1-2-16-11-5-3-4-6-12(11)17-9-10-18-13-14-7-8-15-13/h3-8H,2,9-10H2,1H3,(H,14,15). The van der Waals surface area contributed by atoms with E-state index in [2.05, 4.69) is 9.97 Å². The number of hydrogen-bond donors (Lipinski definition) is 1. The molecule has 0 fully saturated rings. The Bertz CT molecular complexity index is 460. The van der Waals surface area contributed by atoms with E-state index < -0.39 is 0 Å². The average Bonchev–Trinajstić information content (AvgIpc) is 2.90. The fraction of sp³-hybridized carbons (Fsp3) is 0.308. The zero-order chi connectivity index (χ0) is 12.6. The molecule has 0 aliphatic heterocycles. The number of aromatic amines is 1. The van der Waals surface area contributed by atoms with E-state index in [-0.39, 0.29) is 0 Å². The van der Waals surface area contributed by atoms with Crippen molar-refractivity contribution >= 4 is 11.8 Å². The number of nitrogens with zero attached hydrogens (tertiary/aromatic N) is 1. The summed E-state index contributed by atoms with van der Waals surface area (Å²) >= 11 is 1.63. The summed E-state index contributed by atoms with van der Waals surface area (Å²) in [5.74, 6) is 2.43. The molecule has 0 radical (unpaired) electrons. The number of ether oxygens (including phenoxy) is 2. The van der Waals surface area contributed by atoms with Gasteiger partial charge in [0.1, 0.15) is 0 Å². The monoisotopic (exact) mass is 264 g/mol. The Morgan fingerprint density at radius 1 is 1.22 bits per heavy atom. The van der Waals surface area contributed by atoms with Crippen molar-refractivity contribution in [1.29, 1.82) is 0 Å². The van der Waals surface area contributed by atoms with E-state index in [1.807, 2.05) is 37.4 Å². The molecule has 1 N–H and O–H groups in total. The van der Waals surface area contributed by atoms with Crippen LogP contribution in [0, 0.1) is 0 Å². The van der Waals surface area contributed by atoms with Crippen LogP contribution in [0.4, 0.5) is 0 Å². The van der Waals surface area contributed by atoms with Crippen LogP contribution in [0.1, 0.15) is 6.92 Å². The third kappa shape index (κ3) is 3.70. The van der Waals surface area contributed by atoms with E-state index in [0.29, 0.717) is 13.2 Å². The van der Waals surface area contributed by atoms with Crippen molar-refractivity contribution in [1.82, 2.24) is 9.97 Å². The molecule has 4 nitrogen and oxygen atoms in total. The molecule has 0 aliphatic rings. The van der Waals surface area contributed by atoms with Crippen molar-refractivity contribution in [3.8, 4) is 11.5 Å². The maximum atomic E-state index is 5.70. The van der Waals surface area contributed by atoms with Crippen LogP contribution in [0.5, 0.6) is 11.5 Å². The van der Waals surface area contributed by atoms with Gasteiger partial charge in [-0.1, -0.05) is 23.9 Å². The smallest absolute Gasteiger partial charge is 0.165 e. The van der Waals surface area contributed by atoms with Crippen molar-refractivity contribution in [2.45, 2.75) is 12.1 Å². The molecule has 0 aliphatic carbocycles. The Labute approximate surface area is 111 Å². The molecule has 0 saturated heterocycles. The summed E-state index contributed by atoms with van der Waals surface area (Å²) in [4.78, 5) is 7.17. The molecule has 0 unspecified atom stereocenters. The first kappa shape index (κ1) is 12.8. The predicted molar refractivity (Wildman–Crippen MR) is 72.4 cm³/mol. The summed E-state index contributed by atoms with van der Waals surface area (Å²) in [5.41, 5.74) is 0. The lowest BCUT2D eigenvalue weighted by Crippen LogP contribution is -2.02. The lowest BCUT2D eigenvalue weighted by molar-refractivity contribution is 0.289. The van der Waals surface area contributed by atoms with Crippen LogP contribution < -0.4 is 9.47 Å².